The summed E-state index contributed by atoms with van der Waals surface area (Å²) in [4.78, 5) is 4.73. The van der Waals surface area contributed by atoms with Crippen molar-refractivity contribution in [2.24, 2.45) is 0 Å². The fourth-order valence-corrected chi connectivity index (χ4v) is 3.19. The van der Waals surface area contributed by atoms with Crippen molar-refractivity contribution in [3.05, 3.63) is 28.4 Å². The number of aryl methyl sites for hydroxylation is 1. The summed E-state index contributed by atoms with van der Waals surface area (Å²) >= 11 is 12.2. The second-order valence-corrected chi connectivity index (χ2v) is 5.87. The van der Waals surface area contributed by atoms with Crippen LogP contribution in [0, 0.1) is 0 Å². The Balaban J connectivity index is 2.07. The lowest BCUT2D eigenvalue weighted by molar-refractivity contribution is 0.295. The van der Waals surface area contributed by atoms with Gasteiger partial charge in [0.15, 0.2) is 11.5 Å². The average Bonchev–Trinajstić information content (AvgIpc) is 2.96. The number of rotatable bonds is 5. The smallest absolute Gasteiger partial charge is 0.163 e. The molecule has 3 rings (SSSR count). The molecule has 0 unspecified atom stereocenters. The highest BCUT2D eigenvalue weighted by Crippen LogP contribution is 2.39. The van der Waals surface area contributed by atoms with E-state index in [9.17, 15) is 0 Å². The van der Waals surface area contributed by atoms with Gasteiger partial charge in [0.05, 0.1) is 24.3 Å². The third-order valence-electron chi connectivity index (χ3n) is 3.76. The molecule has 0 spiro atoms. The molecule has 3 nitrogen and oxygen atoms in total. The molecule has 1 aliphatic rings. The molecule has 0 saturated carbocycles. The van der Waals surface area contributed by atoms with Crippen molar-refractivity contribution in [2.45, 2.75) is 25.7 Å². The molecule has 0 radical (unpaired) electrons. The number of hydrogen-bond donors (Lipinski definition) is 0. The van der Waals surface area contributed by atoms with E-state index in [4.69, 9.17) is 37.7 Å². The second kappa shape index (κ2) is 6.29. The van der Waals surface area contributed by atoms with Gasteiger partial charge < -0.3 is 9.47 Å². The summed E-state index contributed by atoms with van der Waals surface area (Å²) in [6.07, 6.45) is 3.92. The molecule has 0 amide bonds. The molecule has 112 valence electrons. The lowest BCUT2D eigenvalue weighted by Crippen LogP contribution is -2.01. The first-order chi connectivity index (χ1) is 10.2. The molecule has 1 aliphatic carbocycles. The molecule has 0 saturated heterocycles. The van der Waals surface area contributed by atoms with E-state index in [2.05, 4.69) is 0 Å². The van der Waals surface area contributed by atoms with Crippen LogP contribution in [-0.2, 0) is 12.8 Å². The molecule has 0 fully saturated rings. The monoisotopic (exact) mass is 325 g/mol. The zero-order valence-corrected chi connectivity index (χ0v) is 13.4. The minimum absolute atomic E-state index is 0.560. The Hall–Kier alpha value is -1.19. The van der Waals surface area contributed by atoms with Crippen LogP contribution < -0.4 is 9.47 Å². The van der Waals surface area contributed by atoms with Crippen LogP contribution in [0.2, 0.25) is 5.02 Å². The van der Waals surface area contributed by atoms with Crippen LogP contribution in [0.25, 0.3) is 10.9 Å². The van der Waals surface area contributed by atoms with Crippen LogP contribution in [0.3, 0.4) is 0 Å². The van der Waals surface area contributed by atoms with E-state index in [1.807, 2.05) is 12.1 Å². The maximum atomic E-state index is 6.54. The average molecular weight is 326 g/mol. The third kappa shape index (κ3) is 2.77. The van der Waals surface area contributed by atoms with Crippen LogP contribution in [-0.4, -0.2) is 24.6 Å². The predicted octanol–water partition coefficient (Wildman–Crippen LogP) is 4.39. The summed E-state index contributed by atoms with van der Waals surface area (Å²) in [6.45, 7) is 0.560. The minimum atomic E-state index is 0.560. The molecular weight excluding hydrogens is 309 g/mol. The van der Waals surface area contributed by atoms with Crippen molar-refractivity contribution in [2.75, 3.05) is 19.6 Å². The van der Waals surface area contributed by atoms with Gasteiger partial charge in [-0.2, -0.15) is 0 Å². The fourth-order valence-electron chi connectivity index (χ4n) is 2.72. The van der Waals surface area contributed by atoms with Crippen molar-refractivity contribution < 1.29 is 9.47 Å². The summed E-state index contributed by atoms with van der Waals surface area (Å²) in [7, 11) is 1.63. The molecule has 1 aromatic carbocycles. The second-order valence-electron chi connectivity index (χ2n) is 5.12. The quantitative estimate of drug-likeness (QED) is 0.603. The Morgan fingerprint density at radius 1 is 1.24 bits per heavy atom. The first-order valence-corrected chi connectivity index (χ1v) is 8.03. The maximum Gasteiger partial charge on any atom is 0.163 e. The van der Waals surface area contributed by atoms with Gasteiger partial charge in [0, 0.05) is 23.0 Å². The Bertz CT molecular complexity index is 673. The Kier molecular flexibility index (Phi) is 4.41. The van der Waals surface area contributed by atoms with E-state index < -0.39 is 0 Å². The number of halogens is 2. The van der Waals surface area contributed by atoms with Gasteiger partial charge in [0.25, 0.3) is 0 Å². The Labute approximate surface area is 134 Å². The molecule has 5 heteroatoms. The van der Waals surface area contributed by atoms with Crippen LogP contribution in [0.5, 0.6) is 11.5 Å². The number of benzene rings is 1. The summed E-state index contributed by atoms with van der Waals surface area (Å²) in [5.74, 6) is 1.95. The predicted molar refractivity (Wildman–Crippen MR) is 86.2 cm³/mol. The number of hydrogen-bond acceptors (Lipinski definition) is 3. The molecule has 0 atom stereocenters. The van der Waals surface area contributed by atoms with Crippen molar-refractivity contribution in [1.82, 2.24) is 4.98 Å². The number of fused-ring (bicyclic) bond motifs is 2. The van der Waals surface area contributed by atoms with Gasteiger partial charge in [0.2, 0.25) is 0 Å². The Morgan fingerprint density at radius 3 is 2.86 bits per heavy atom. The van der Waals surface area contributed by atoms with Gasteiger partial charge in [-0.05, 0) is 37.3 Å². The molecule has 21 heavy (non-hydrogen) atoms. The van der Waals surface area contributed by atoms with Crippen molar-refractivity contribution in [3.63, 3.8) is 0 Å². The molecule has 2 aromatic rings. The number of nitrogens with zero attached hydrogens (tertiary/aromatic N) is 1. The van der Waals surface area contributed by atoms with E-state index in [0.29, 0.717) is 24.0 Å². The molecule has 1 heterocycles. The highest BCUT2D eigenvalue weighted by molar-refractivity contribution is 6.36. The SMILES string of the molecule is COc1cc2c(Cl)c3c(nc2cc1OCCCCl)CCC3. The van der Waals surface area contributed by atoms with Crippen molar-refractivity contribution in [1.29, 1.82) is 0 Å². The lowest BCUT2D eigenvalue weighted by Gasteiger charge is -2.13. The van der Waals surface area contributed by atoms with Gasteiger partial charge in [-0.1, -0.05) is 11.6 Å². The van der Waals surface area contributed by atoms with Gasteiger partial charge >= 0.3 is 0 Å². The summed E-state index contributed by atoms with van der Waals surface area (Å²) in [6, 6.07) is 3.83. The zero-order chi connectivity index (χ0) is 14.8. The highest BCUT2D eigenvalue weighted by atomic mass is 35.5. The normalized spacial score (nSPS) is 13.5. The Morgan fingerprint density at radius 2 is 2.10 bits per heavy atom. The highest BCUT2D eigenvalue weighted by Gasteiger charge is 2.20. The molecular formula is C16H17Cl2NO2. The number of pyridine rings is 1. The van der Waals surface area contributed by atoms with Gasteiger partial charge in [-0.3, -0.25) is 4.98 Å². The summed E-state index contributed by atoms with van der Waals surface area (Å²) in [5.41, 5.74) is 3.16. The largest absolute Gasteiger partial charge is 0.493 e. The van der Waals surface area contributed by atoms with Crippen LogP contribution in [0.1, 0.15) is 24.1 Å². The van der Waals surface area contributed by atoms with Crippen LogP contribution in [0.4, 0.5) is 0 Å². The summed E-state index contributed by atoms with van der Waals surface area (Å²) < 4.78 is 11.2. The third-order valence-corrected chi connectivity index (χ3v) is 4.46. The van der Waals surface area contributed by atoms with E-state index in [1.165, 1.54) is 5.56 Å². The molecule has 0 aliphatic heterocycles. The van der Waals surface area contributed by atoms with Gasteiger partial charge in [0.1, 0.15) is 0 Å². The zero-order valence-electron chi connectivity index (χ0n) is 11.9. The van der Waals surface area contributed by atoms with E-state index in [-0.39, 0.29) is 0 Å². The number of methoxy groups -OCH3 is 1. The van der Waals surface area contributed by atoms with Crippen molar-refractivity contribution in [3.8, 4) is 11.5 Å². The fraction of sp³-hybridized carbons (Fsp3) is 0.438. The minimum Gasteiger partial charge on any atom is -0.493 e. The number of ether oxygens (including phenoxy) is 2. The van der Waals surface area contributed by atoms with E-state index >= 15 is 0 Å². The van der Waals surface area contributed by atoms with Gasteiger partial charge in [-0.25, -0.2) is 0 Å². The first kappa shape index (κ1) is 14.7. The number of aromatic nitrogens is 1. The van der Waals surface area contributed by atoms with E-state index in [0.717, 1.165) is 47.3 Å². The van der Waals surface area contributed by atoms with Crippen LogP contribution in [0.15, 0.2) is 12.1 Å². The lowest BCUT2D eigenvalue weighted by atomic mass is 10.1. The molecule has 0 bridgehead atoms. The number of alkyl halides is 1. The first-order valence-electron chi connectivity index (χ1n) is 7.12. The van der Waals surface area contributed by atoms with Crippen molar-refractivity contribution >= 4 is 34.1 Å². The van der Waals surface area contributed by atoms with Crippen LogP contribution >= 0.6 is 23.2 Å². The van der Waals surface area contributed by atoms with Gasteiger partial charge in [-0.15, -0.1) is 11.6 Å². The van der Waals surface area contributed by atoms with E-state index in [1.54, 1.807) is 7.11 Å². The maximum absolute atomic E-state index is 6.54. The molecule has 0 N–H and O–H groups in total. The summed E-state index contributed by atoms with van der Waals surface area (Å²) in [5, 5.41) is 1.73. The molecule has 1 aromatic heterocycles. The standard InChI is InChI=1S/C16H17Cl2NO2/c1-20-14-8-11-13(9-15(14)21-7-3-6-17)19-12-5-2-4-10(12)16(11)18/h8-9H,2-7H2,1H3. The topological polar surface area (TPSA) is 31.4 Å².